The van der Waals surface area contributed by atoms with Crippen LogP contribution in [0.1, 0.15) is 44.1 Å². The summed E-state index contributed by atoms with van der Waals surface area (Å²) in [6, 6.07) is 2.24. The van der Waals surface area contributed by atoms with E-state index in [1.807, 2.05) is 0 Å². The predicted molar refractivity (Wildman–Crippen MR) is 81.6 cm³/mol. The molecule has 3 rings (SSSR count). The van der Waals surface area contributed by atoms with Crippen molar-refractivity contribution < 1.29 is 31.8 Å². The number of benzene rings is 1. The lowest BCUT2D eigenvalue weighted by molar-refractivity contribution is -0.201. The first-order chi connectivity index (χ1) is 11.8. The Morgan fingerprint density at radius 3 is 2.48 bits per heavy atom. The Morgan fingerprint density at radius 2 is 1.96 bits per heavy atom. The summed E-state index contributed by atoms with van der Waals surface area (Å²) in [4.78, 5) is 12.3. The zero-order valence-electron chi connectivity index (χ0n) is 14.1. The zero-order valence-corrected chi connectivity index (χ0v) is 14.1. The van der Waals surface area contributed by atoms with Crippen LogP contribution in [0.4, 0.5) is 17.6 Å². The van der Waals surface area contributed by atoms with Gasteiger partial charge in [-0.15, -0.1) is 0 Å². The van der Waals surface area contributed by atoms with Gasteiger partial charge in [-0.25, -0.2) is 13.2 Å². The molecule has 0 aromatic heterocycles. The number of halogens is 4. The molecule has 0 N–H and O–H groups in total. The summed E-state index contributed by atoms with van der Waals surface area (Å²) in [7, 11) is 1.18. The third-order valence-corrected chi connectivity index (χ3v) is 5.67. The molecule has 0 heterocycles. The van der Waals surface area contributed by atoms with Gasteiger partial charge in [0, 0.05) is 23.3 Å². The van der Waals surface area contributed by atoms with Crippen molar-refractivity contribution in [3.63, 3.8) is 0 Å². The average molecular weight is 360 g/mol. The minimum Gasteiger partial charge on any atom is -0.493 e. The number of alkyl halides is 2. The summed E-state index contributed by atoms with van der Waals surface area (Å²) < 4.78 is 66.0. The predicted octanol–water partition coefficient (Wildman–Crippen LogP) is 4.45. The summed E-state index contributed by atoms with van der Waals surface area (Å²) in [6.07, 6.45) is 0.0825. The molecule has 2 aliphatic carbocycles. The van der Waals surface area contributed by atoms with Gasteiger partial charge < -0.3 is 9.47 Å². The van der Waals surface area contributed by atoms with Crippen LogP contribution >= 0.6 is 0 Å². The highest BCUT2D eigenvalue weighted by Gasteiger charge is 2.67. The van der Waals surface area contributed by atoms with E-state index >= 15 is 0 Å². The molecule has 0 unspecified atom stereocenters. The Balaban J connectivity index is 2.03. The van der Waals surface area contributed by atoms with Gasteiger partial charge in [0.25, 0.3) is 5.92 Å². The number of carbonyl (C=O) groups excluding carboxylic acids is 1. The van der Waals surface area contributed by atoms with E-state index in [1.54, 1.807) is 6.92 Å². The number of methoxy groups -OCH3 is 1. The summed E-state index contributed by atoms with van der Waals surface area (Å²) in [6.45, 7) is 1.76. The lowest BCUT2D eigenvalue weighted by atomic mass is 9.63. The molecule has 0 saturated heterocycles. The second kappa shape index (κ2) is 6.18. The molecule has 0 radical (unpaired) electrons. The van der Waals surface area contributed by atoms with E-state index in [1.165, 1.54) is 13.2 Å². The molecule has 1 aromatic carbocycles. The summed E-state index contributed by atoms with van der Waals surface area (Å²) in [5.74, 6) is -7.57. The highest BCUT2D eigenvalue weighted by atomic mass is 19.3. The average Bonchev–Trinajstić information content (AvgIpc) is 3.00. The smallest absolute Gasteiger partial charge is 0.309 e. The molecule has 3 atom stereocenters. The van der Waals surface area contributed by atoms with Gasteiger partial charge in [-0.2, -0.15) is 4.39 Å². The molecule has 138 valence electrons. The van der Waals surface area contributed by atoms with Crippen molar-refractivity contribution in [2.75, 3.05) is 13.7 Å². The number of esters is 1. The third kappa shape index (κ3) is 2.68. The first kappa shape index (κ1) is 18.0. The van der Waals surface area contributed by atoms with E-state index in [2.05, 4.69) is 0 Å². The molecule has 2 fully saturated rings. The van der Waals surface area contributed by atoms with Crippen LogP contribution in [0.3, 0.4) is 0 Å². The van der Waals surface area contributed by atoms with Crippen LogP contribution in [0.2, 0.25) is 0 Å². The zero-order chi connectivity index (χ0) is 18.4. The maximum absolute atomic E-state index is 14.2. The lowest BCUT2D eigenvalue weighted by Gasteiger charge is -2.47. The normalized spacial score (nSPS) is 30.2. The second-order valence-electron chi connectivity index (χ2n) is 6.84. The Bertz CT molecular complexity index is 691. The fourth-order valence-electron chi connectivity index (χ4n) is 4.25. The number of carbonyl (C=O) groups is 1. The van der Waals surface area contributed by atoms with Gasteiger partial charge >= 0.3 is 5.97 Å². The first-order valence-corrected chi connectivity index (χ1v) is 8.32. The maximum atomic E-state index is 14.2. The van der Waals surface area contributed by atoms with E-state index in [0.717, 1.165) is 6.07 Å². The molecular formula is C18H20F4O3. The number of hydrogen-bond acceptors (Lipinski definition) is 3. The van der Waals surface area contributed by atoms with Crippen LogP contribution in [-0.2, 0) is 9.53 Å². The third-order valence-electron chi connectivity index (χ3n) is 5.67. The largest absolute Gasteiger partial charge is 0.493 e. The maximum Gasteiger partial charge on any atom is 0.309 e. The molecule has 3 nitrogen and oxygen atoms in total. The Hall–Kier alpha value is -1.79. The quantitative estimate of drug-likeness (QED) is 0.588. The van der Waals surface area contributed by atoms with Crippen LogP contribution in [0.5, 0.6) is 5.75 Å². The van der Waals surface area contributed by atoms with Crippen molar-refractivity contribution in [1.82, 2.24) is 0 Å². The van der Waals surface area contributed by atoms with E-state index in [-0.39, 0.29) is 37.2 Å². The molecule has 2 aliphatic rings. The second-order valence-corrected chi connectivity index (χ2v) is 6.84. The van der Waals surface area contributed by atoms with Crippen LogP contribution in [0, 0.1) is 23.0 Å². The van der Waals surface area contributed by atoms with E-state index in [4.69, 9.17) is 9.47 Å². The highest BCUT2D eigenvalue weighted by molar-refractivity contribution is 5.75. The molecule has 0 bridgehead atoms. The molecule has 1 spiro atoms. The van der Waals surface area contributed by atoms with Crippen molar-refractivity contribution in [3.05, 3.63) is 29.3 Å². The summed E-state index contributed by atoms with van der Waals surface area (Å²) >= 11 is 0. The minimum absolute atomic E-state index is 0.0188. The van der Waals surface area contributed by atoms with E-state index in [9.17, 15) is 22.4 Å². The van der Waals surface area contributed by atoms with Crippen molar-refractivity contribution in [2.24, 2.45) is 11.3 Å². The van der Waals surface area contributed by atoms with Gasteiger partial charge in [0.05, 0.1) is 19.6 Å². The van der Waals surface area contributed by atoms with Gasteiger partial charge in [-0.3, -0.25) is 4.79 Å². The van der Waals surface area contributed by atoms with Gasteiger partial charge in [0.15, 0.2) is 11.6 Å². The van der Waals surface area contributed by atoms with Gasteiger partial charge in [-0.05, 0) is 32.3 Å². The van der Waals surface area contributed by atoms with Crippen LogP contribution in [-0.4, -0.2) is 25.6 Å². The Labute approximate surface area is 143 Å². The van der Waals surface area contributed by atoms with Crippen LogP contribution in [0.25, 0.3) is 0 Å². The van der Waals surface area contributed by atoms with Crippen molar-refractivity contribution in [3.8, 4) is 5.75 Å². The summed E-state index contributed by atoms with van der Waals surface area (Å²) in [5, 5.41) is 0. The standard InChI is InChI=1S/C18H20F4O3/c1-3-25-16(23)12-9-17(6-7-18(17,21)22)8-11(12)10-4-5-13(19)14(20)15(10)24-2/h4-5,11-12H,3,6-9H2,1-2H3/t11-,12+,17-/m0/s1. The Kier molecular flexibility index (Phi) is 4.45. The molecule has 2 saturated carbocycles. The first-order valence-electron chi connectivity index (χ1n) is 8.32. The molecule has 0 amide bonds. The highest BCUT2D eigenvalue weighted by Crippen LogP contribution is 2.67. The number of rotatable bonds is 4. The van der Waals surface area contributed by atoms with Crippen LogP contribution in [0.15, 0.2) is 12.1 Å². The molecule has 25 heavy (non-hydrogen) atoms. The number of ether oxygens (including phenoxy) is 2. The van der Waals surface area contributed by atoms with Crippen molar-refractivity contribution in [2.45, 2.75) is 44.4 Å². The Morgan fingerprint density at radius 1 is 1.24 bits per heavy atom. The van der Waals surface area contributed by atoms with Gasteiger partial charge in [0.1, 0.15) is 0 Å². The van der Waals surface area contributed by atoms with E-state index in [0.29, 0.717) is 6.42 Å². The fourth-order valence-corrected chi connectivity index (χ4v) is 4.25. The molecule has 0 aliphatic heterocycles. The lowest BCUT2D eigenvalue weighted by Crippen LogP contribution is -2.49. The SMILES string of the molecule is CCOC(=O)[C@@H]1C[C@]2(CCC2(F)F)C[C@H]1c1ccc(F)c(F)c1OC. The number of hydrogen-bond donors (Lipinski definition) is 0. The monoisotopic (exact) mass is 360 g/mol. The van der Waals surface area contributed by atoms with Crippen molar-refractivity contribution >= 4 is 5.97 Å². The molecular weight excluding hydrogens is 340 g/mol. The minimum atomic E-state index is -2.86. The molecule has 7 heteroatoms. The van der Waals surface area contributed by atoms with Crippen molar-refractivity contribution in [1.29, 1.82) is 0 Å². The van der Waals surface area contributed by atoms with Gasteiger partial charge in [0.2, 0.25) is 5.82 Å². The fraction of sp³-hybridized carbons (Fsp3) is 0.611. The van der Waals surface area contributed by atoms with Crippen LogP contribution < -0.4 is 4.74 Å². The summed E-state index contributed by atoms with van der Waals surface area (Å²) in [5.41, 5.74) is -1.05. The molecule has 1 aromatic rings. The topological polar surface area (TPSA) is 35.5 Å². The van der Waals surface area contributed by atoms with E-state index < -0.39 is 40.8 Å². The van der Waals surface area contributed by atoms with Gasteiger partial charge in [-0.1, -0.05) is 6.07 Å².